The Labute approximate surface area is 122 Å². The zero-order valence-electron chi connectivity index (χ0n) is 11.3. The van der Waals surface area contributed by atoms with Crippen LogP contribution in [0.4, 0.5) is 8.78 Å². The Morgan fingerprint density at radius 3 is 2.05 bits per heavy atom. The van der Waals surface area contributed by atoms with Crippen molar-refractivity contribution in [3.8, 4) is 0 Å². The Bertz CT molecular complexity index is 525. The lowest BCUT2D eigenvalue weighted by molar-refractivity contribution is 0.609. The van der Waals surface area contributed by atoms with Crippen molar-refractivity contribution in [1.82, 2.24) is 5.32 Å². The molecular formula is C16H17F2NS. The van der Waals surface area contributed by atoms with Crippen LogP contribution in [0, 0.1) is 11.6 Å². The van der Waals surface area contributed by atoms with Crippen molar-refractivity contribution < 1.29 is 8.78 Å². The Morgan fingerprint density at radius 2 is 1.50 bits per heavy atom. The molecule has 2 aromatic carbocycles. The van der Waals surface area contributed by atoms with Crippen LogP contribution in [0.5, 0.6) is 0 Å². The molecule has 0 amide bonds. The summed E-state index contributed by atoms with van der Waals surface area (Å²) in [4.78, 5) is 1.05. The summed E-state index contributed by atoms with van der Waals surface area (Å²) >= 11 is 1.68. The number of hydrogen-bond acceptors (Lipinski definition) is 2. The van der Waals surface area contributed by atoms with E-state index in [9.17, 15) is 8.78 Å². The maximum Gasteiger partial charge on any atom is 0.123 e. The zero-order chi connectivity index (χ0) is 14.4. The highest BCUT2D eigenvalue weighted by Crippen LogP contribution is 2.20. The third-order valence-electron chi connectivity index (χ3n) is 3.07. The summed E-state index contributed by atoms with van der Waals surface area (Å²) in [6.45, 7) is 0. The molecule has 1 nitrogen and oxygen atoms in total. The van der Waals surface area contributed by atoms with Gasteiger partial charge in [0.25, 0.3) is 0 Å². The average molecular weight is 293 g/mol. The van der Waals surface area contributed by atoms with Gasteiger partial charge >= 0.3 is 0 Å². The molecule has 1 unspecified atom stereocenters. The van der Waals surface area contributed by atoms with Gasteiger partial charge in [0.15, 0.2) is 0 Å². The zero-order valence-corrected chi connectivity index (χ0v) is 12.1. The maximum atomic E-state index is 12.9. The molecule has 0 saturated carbocycles. The second-order valence-electron chi connectivity index (χ2n) is 4.58. The Morgan fingerprint density at radius 1 is 0.950 bits per heavy atom. The molecule has 2 aromatic rings. The molecule has 0 fully saturated rings. The van der Waals surface area contributed by atoms with Crippen LogP contribution in [0.1, 0.15) is 5.56 Å². The molecule has 106 valence electrons. The van der Waals surface area contributed by atoms with E-state index < -0.39 is 0 Å². The van der Waals surface area contributed by atoms with E-state index in [4.69, 9.17) is 0 Å². The van der Waals surface area contributed by atoms with Crippen LogP contribution in [0.3, 0.4) is 0 Å². The lowest BCUT2D eigenvalue weighted by atomic mass is 10.1. The number of rotatable bonds is 6. The summed E-state index contributed by atoms with van der Waals surface area (Å²) < 4.78 is 25.7. The molecule has 0 spiro atoms. The molecule has 0 aliphatic carbocycles. The van der Waals surface area contributed by atoms with E-state index in [1.807, 2.05) is 19.2 Å². The molecule has 0 heterocycles. The van der Waals surface area contributed by atoms with E-state index in [2.05, 4.69) is 5.32 Å². The Hall–Kier alpha value is -1.39. The fraction of sp³-hybridized carbons (Fsp3) is 0.250. The topological polar surface area (TPSA) is 12.0 Å². The van der Waals surface area contributed by atoms with Crippen molar-refractivity contribution in [2.45, 2.75) is 17.4 Å². The Kier molecular flexibility index (Phi) is 5.56. The second kappa shape index (κ2) is 7.41. The largest absolute Gasteiger partial charge is 0.316 e. The van der Waals surface area contributed by atoms with Crippen molar-refractivity contribution in [2.24, 2.45) is 0 Å². The summed E-state index contributed by atoms with van der Waals surface area (Å²) in [5.74, 6) is 0.445. The van der Waals surface area contributed by atoms with E-state index in [0.29, 0.717) is 0 Å². The van der Waals surface area contributed by atoms with E-state index in [1.165, 1.54) is 24.3 Å². The molecule has 0 saturated heterocycles. The first-order chi connectivity index (χ1) is 9.67. The van der Waals surface area contributed by atoms with Crippen LogP contribution < -0.4 is 5.32 Å². The number of thioether (sulfide) groups is 1. The second-order valence-corrected chi connectivity index (χ2v) is 5.67. The smallest absolute Gasteiger partial charge is 0.123 e. The highest BCUT2D eigenvalue weighted by Gasteiger charge is 2.08. The molecule has 20 heavy (non-hydrogen) atoms. The van der Waals surface area contributed by atoms with Gasteiger partial charge in [-0.15, -0.1) is 11.8 Å². The number of hydrogen-bond donors (Lipinski definition) is 1. The molecule has 4 heteroatoms. The first-order valence-corrected chi connectivity index (χ1v) is 7.46. The van der Waals surface area contributed by atoms with Crippen molar-refractivity contribution >= 4 is 11.8 Å². The predicted molar refractivity (Wildman–Crippen MR) is 80.1 cm³/mol. The van der Waals surface area contributed by atoms with Crippen molar-refractivity contribution in [2.75, 3.05) is 12.8 Å². The minimum Gasteiger partial charge on any atom is -0.316 e. The lowest BCUT2D eigenvalue weighted by Gasteiger charge is -2.16. The van der Waals surface area contributed by atoms with E-state index in [-0.39, 0.29) is 17.7 Å². The monoisotopic (exact) mass is 293 g/mol. The molecule has 1 N–H and O–H groups in total. The number of halogens is 2. The molecule has 2 rings (SSSR count). The lowest BCUT2D eigenvalue weighted by Crippen LogP contribution is -2.30. The van der Waals surface area contributed by atoms with Crippen molar-refractivity contribution in [3.05, 3.63) is 65.7 Å². The van der Waals surface area contributed by atoms with Gasteiger partial charge in [0.1, 0.15) is 11.6 Å². The fourth-order valence-corrected chi connectivity index (χ4v) is 2.88. The van der Waals surface area contributed by atoms with Gasteiger partial charge in [-0.3, -0.25) is 0 Å². The average Bonchev–Trinajstić information content (AvgIpc) is 2.47. The molecule has 1 atom stereocenters. The van der Waals surface area contributed by atoms with E-state index in [1.54, 1.807) is 23.9 Å². The first-order valence-electron chi connectivity index (χ1n) is 6.47. The van der Waals surface area contributed by atoms with E-state index in [0.717, 1.165) is 22.6 Å². The van der Waals surface area contributed by atoms with Gasteiger partial charge in [0, 0.05) is 16.7 Å². The van der Waals surface area contributed by atoms with Gasteiger partial charge in [-0.1, -0.05) is 12.1 Å². The molecule has 0 bridgehead atoms. The summed E-state index contributed by atoms with van der Waals surface area (Å²) in [6, 6.07) is 13.4. The highest BCUT2D eigenvalue weighted by atomic mass is 32.2. The van der Waals surface area contributed by atoms with Gasteiger partial charge < -0.3 is 5.32 Å². The standard InChI is InChI=1S/C16H17F2NS/c1-19-15(10-12-2-4-13(17)5-3-12)11-20-16-8-6-14(18)7-9-16/h2-9,15,19H,10-11H2,1H3. The van der Waals surface area contributed by atoms with Gasteiger partial charge in [-0.05, 0) is 55.4 Å². The van der Waals surface area contributed by atoms with Crippen LogP contribution in [0.15, 0.2) is 53.4 Å². The van der Waals surface area contributed by atoms with Crippen LogP contribution >= 0.6 is 11.8 Å². The first kappa shape index (κ1) is 15.0. The summed E-state index contributed by atoms with van der Waals surface area (Å²) in [5, 5.41) is 3.26. The number of likely N-dealkylation sites (N-methyl/N-ethyl adjacent to an activating group) is 1. The summed E-state index contributed by atoms with van der Waals surface area (Å²) in [6.07, 6.45) is 0.838. The van der Waals surface area contributed by atoms with Crippen LogP contribution in [-0.2, 0) is 6.42 Å². The van der Waals surface area contributed by atoms with Gasteiger partial charge in [-0.2, -0.15) is 0 Å². The van der Waals surface area contributed by atoms with Crippen molar-refractivity contribution in [1.29, 1.82) is 0 Å². The minimum atomic E-state index is -0.217. The molecule has 0 aromatic heterocycles. The molecule has 0 aliphatic rings. The van der Waals surface area contributed by atoms with Crippen molar-refractivity contribution in [3.63, 3.8) is 0 Å². The van der Waals surface area contributed by atoms with Gasteiger partial charge in [0.05, 0.1) is 0 Å². The van der Waals surface area contributed by atoms with Crippen LogP contribution in [-0.4, -0.2) is 18.8 Å². The summed E-state index contributed by atoms with van der Waals surface area (Å²) in [7, 11) is 1.92. The fourth-order valence-electron chi connectivity index (χ4n) is 1.88. The normalized spacial score (nSPS) is 12.3. The Balaban J connectivity index is 1.88. The van der Waals surface area contributed by atoms with Crippen LogP contribution in [0.2, 0.25) is 0 Å². The SMILES string of the molecule is CNC(CSc1ccc(F)cc1)Cc1ccc(F)cc1. The number of nitrogens with one attached hydrogen (secondary N) is 1. The van der Waals surface area contributed by atoms with E-state index >= 15 is 0 Å². The minimum absolute atomic E-state index is 0.213. The number of benzene rings is 2. The molecular weight excluding hydrogens is 276 g/mol. The molecule has 0 aliphatic heterocycles. The quantitative estimate of drug-likeness (QED) is 0.811. The van der Waals surface area contributed by atoms with Gasteiger partial charge in [0.2, 0.25) is 0 Å². The van der Waals surface area contributed by atoms with Crippen LogP contribution in [0.25, 0.3) is 0 Å². The van der Waals surface area contributed by atoms with Gasteiger partial charge in [-0.25, -0.2) is 8.78 Å². The highest BCUT2D eigenvalue weighted by molar-refractivity contribution is 7.99. The maximum absolute atomic E-state index is 12.9. The summed E-state index contributed by atoms with van der Waals surface area (Å²) in [5.41, 5.74) is 1.10. The predicted octanol–water partition coefficient (Wildman–Crippen LogP) is 3.89. The third-order valence-corrected chi connectivity index (χ3v) is 4.24. The molecule has 0 radical (unpaired) electrons. The third kappa shape index (κ3) is 4.62.